The molecule has 6 nitrogen and oxygen atoms in total. The molecule has 4 aromatic rings. The first-order valence-electron chi connectivity index (χ1n) is 10.9. The fourth-order valence-corrected chi connectivity index (χ4v) is 4.78. The number of para-hydroxylation sites is 1. The van der Waals surface area contributed by atoms with E-state index < -0.39 is 0 Å². The van der Waals surface area contributed by atoms with Crippen molar-refractivity contribution in [3.8, 4) is 11.5 Å². The maximum absolute atomic E-state index is 13.0. The fourth-order valence-electron chi connectivity index (χ4n) is 3.84. The number of aryl methyl sites for hydroxylation is 2. The van der Waals surface area contributed by atoms with Crippen molar-refractivity contribution in [1.82, 2.24) is 4.98 Å². The van der Waals surface area contributed by atoms with Crippen LogP contribution in [0.2, 0.25) is 0 Å². The Morgan fingerprint density at radius 2 is 1.74 bits per heavy atom. The minimum Gasteiger partial charge on any atom is -0.493 e. The summed E-state index contributed by atoms with van der Waals surface area (Å²) in [6, 6.07) is 20.6. The van der Waals surface area contributed by atoms with Gasteiger partial charge in [-0.3, -0.25) is 4.79 Å². The Morgan fingerprint density at radius 3 is 2.44 bits per heavy atom. The second-order valence-electron chi connectivity index (χ2n) is 7.84. The van der Waals surface area contributed by atoms with Crippen LogP contribution in [0.15, 0.2) is 72.9 Å². The summed E-state index contributed by atoms with van der Waals surface area (Å²) in [5.41, 5.74) is 3.48. The molecule has 0 aliphatic heterocycles. The molecule has 0 bridgehead atoms. The lowest BCUT2D eigenvalue weighted by molar-refractivity contribution is 0.102. The SMILES string of the molecule is COc1cccc(C(Nc2cc(C)ccn2)c2cc(C)sc2NC(=O)c2ccccc2)c1OC. The highest BCUT2D eigenvalue weighted by molar-refractivity contribution is 7.16. The predicted octanol–water partition coefficient (Wildman–Crippen LogP) is 6.23. The molecule has 0 spiro atoms. The van der Waals surface area contributed by atoms with Crippen molar-refractivity contribution in [3.05, 3.63) is 100 Å². The molecule has 0 saturated carbocycles. The van der Waals surface area contributed by atoms with E-state index in [1.165, 1.54) is 11.3 Å². The Morgan fingerprint density at radius 1 is 0.941 bits per heavy atom. The molecule has 1 atom stereocenters. The fraction of sp³-hybridized carbons (Fsp3) is 0.185. The van der Waals surface area contributed by atoms with E-state index in [0.29, 0.717) is 17.1 Å². The molecular formula is C27H27N3O3S. The van der Waals surface area contributed by atoms with Gasteiger partial charge < -0.3 is 20.1 Å². The summed E-state index contributed by atoms with van der Waals surface area (Å²) in [5.74, 6) is 1.82. The van der Waals surface area contributed by atoms with Crippen molar-refractivity contribution in [2.24, 2.45) is 0 Å². The van der Waals surface area contributed by atoms with Crippen LogP contribution in [-0.2, 0) is 0 Å². The third-order valence-electron chi connectivity index (χ3n) is 5.41. The summed E-state index contributed by atoms with van der Waals surface area (Å²) in [5, 5.41) is 7.43. The van der Waals surface area contributed by atoms with E-state index in [1.807, 2.05) is 62.4 Å². The first-order chi connectivity index (χ1) is 16.5. The average molecular weight is 474 g/mol. The van der Waals surface area contributed by atoms with Gasteiger partial charge in [0.1, 0.15) is 10.8 Å². The highest BCUT2D eigenvalue weighted by Gasteiger charge is 2.26. The second kappa shape index (κ2) is 10.4. The third kappa shape index (κ3) is 5.05. The molecule has 0 saturated heterocycles. The molecule has 4 rings (SSSR count). The second-order valence-corrected chi connectivity index (χ2v) is 9.10. The summed E-state index contributed by atoms with van der Waals surface area (Å²) in [4.78, 5) is 18.6. The van der Waals surface area contributed by atoms with Crippen LogP contribution in [0, 0.1) is 13.8 Å². The molecule has 0 aliphatic carbocycles. The highest BCUT2D eigenvalue weighted by Crippen LogP contribution is 2.43. The quantitative estimate of drug-likeness (QED) is 0.317. The minimum atomic E-state index is -0.352. The maximum atomic E-state index is 13.0. The number of methoxy groups -OCH3 is 2. The molecule has 2 N–H and O–H groups in total. The van der Waals surface area contributed by atoms with Gasteiger partial charge in [0.05, 0.1) is 20.3 Å². The summed E-state index contributed by atoms with van der Waals surface area (Å²) in [7, 11) is 3.24. The number of amides is 1. The Hall–Kier alpha value is -3.84. The van der Waals surface area contributed by atoms with Gasteiger partial charge in [-0.25, -0.2) is 4.98 Å². The van der Waals surface area contributed by atoms with Crippen molar-refractivity contribution in [2.45, 2.75) is 19.9 Å². The number of anilines is 2. The monoisotopic (exact) mass is 473 g/mol. The molecule has 0 radical (unpaired) electrons. The Kier molecular flexibility index (Phi) is 7.13. The number of thiophene rings is 1. The zero-order valence-electron chi connectivity index (χ0n) is 19.6. The average Bonchev–Trinajstić information content (AvgIpc) is 3.22. The number of carbonyl (C=O) groups is 1. The van der Waals surface area contributed by atoms with Crippen molar-refractivity contribution in [1.29, 1.82) is 0 Å². The molecule has 2 aromatic heterocycles. The standard InChI is InChI=1S/C27H27N3O3S/c1-17-13-14-28-23(15-17)29-24(20-11-8-12-22(32-3)25(20)33-4)21-16-18(2)34-27(21)30-26(31)19-9-6-5-7-10-19/h5-16,24H,1-4H3,(H,28,29)(H,30,31). The molecule has 1 amide bonds. The smallest absolute Gasteiger partial charge is 0.256 e. The summed E-state index contributed by atoms with van der Waals surface area (Å²) < 4.78 is 11.3. The first-order valence-corrected chi connectivity index (χ1v) is 11.7. The van der Waals surface area contributed by atoms with Crippen LogP contribution < -0.4 is 20.1 Å². The van der Waals surface area contributed by atoms with Crippen LogP contribution in [0.4, 0.5) is 10.8 Å². The first kappa shape index (κ1) is 23.3. The van der Waals surface area contributed by atoms with Crippen LogP contribution in [0.5, 0.6) is 11.5 Å². The lowest BCUT2D eigenvalue weighted by atomic mass is 9.98. The molecule has 2 heterocycles. The highest BCUT2D eigenvalue weighted by atomic mass is 32.1. The van der Waals surface area contributed by atoms with Crippen LogP contribution in [0.1, 0.15) is 38.0 Å². The molecule has 7 heteroatoms. The zero-order valence-corrected chi connectivity index (χ0v) is 20.4. The number of carbonyl (C=O) groups excluding carboxylic acids is 1. The molecule has 34 heavy (non-hydrogen) atoms. The number of pyridine rings is 1. The number of ether oxygens (including phenoxy) is 2. The molecule has 0 aliphatic rings. The minimum absolute atomic E-state index is 0.159. The maximum Gasteiger partial charge on any atom is 0.256 e. The molecule has 174 valence electrons. The van der Waals surface area contributed by atoms with Crippen molar-refractivity contribution < 1.29 is 14.3 Å². The van der Waals surface area contributed by atoms with E-state index in [-0.39, 0.29) is 11.9 Å². The van der Waals surface area contributed by atoms with Gasteiger partial charge in [0.2, 0.25) is 0 Å². The van der Waals surface area contributed by atoms with E-state index in [0.717, 1.165) is 32.4 Å². The molecule has 0 fully saturated rings. The van der Waals surface area contributed by atoms with E-state index in [9.17, 15) is 4.79 Å². The van der Waals surface area contributed by atoms with Gasteiger partial charge in [0, 0.05) is 27.8 Å². The van der Waals surface area contributed by atoms with Crippen LogP contribution in [0.3, 0.4) is 0 Å². The van der Waals surface area contributed by atoms with E-state index in [2.05, 4.69) is 21.7 Å². The number of nitrogens with one attached hydrogen (secondary N) is 2. The summed E-state index contributed by atoms with van der Waals surface area (Å²) >= 11 is 1.53. The van der Waals surface area contributed by atoms with Crippen molar-refractivity contribution in [3.63, 3.8) is 0 Å². The Labute approximate surface area is 203 Å². The topological polar surface area (TPSA) is 72.5 Å². The number of benzene rings is 2. The number of hydrogen-bond acceptors (Lipinski definition) is 6. The predicted molar refractivity (Wildman–Crippen MR) is 137 cm³/mol. The Balaban J connectivity index is 1.81. The third-order valence-corrected chi connectivity index (χ3v) is 6.39. The lowest BCUT2D eigenvalue weighted by Gasteiger charge is -2.24. The van der Waals surface area contributed by atoms with Crippen LogP contribution in [-0.4, -0.2) is 25.1 Å². The van der Waals surface area contributed by atoms with Crippen molar-refractivity contribution >= 4 is 28.1 Å². The number of rotatable bonds is 8. The molecular weight excluding hydrogens is 446 g/mol. The van der Waals surface area contributed by atoms with Gasteiger partial charge in [-0.05, 0) is 55.8 Å². The normalized spacial score (nSPS) is 11.5. The Bertz CT molecular complexity index is 1290. The van der Waals surface area contributed by atoms with Gasteiger partial charge in [-0.2, -0.15) is 0 Å². The van der Waals surface area contributed by atoms with Gasteiger partial charge in [0.15, 0.2) is 11.5 Å². The van der Waals surface area contributed by atoms with Crippen molar-refractivity contribution in [2.75, 3.05) is 24.9 Å². The number of aromatic nitrogens is 1. The van der Waals surface area contributed by atoms with Gasteiger partial charge in [0.25, 0.3) is 5.91 Å². The van der Waals surface area contributed by atoms with E-state index in [1.54, 1.807) is 32.5 Å². The number of hydrogen-bond donors (Lipinski definition) is 2. The van der Waals surface area contributed by atoms with E-state index >= 15 is 0 Å². The summed E-state index contributed by atoms with van der Waals surface area (Å²) in [6.45, 7) is 4.05. The van der Waals surface area contributed by atoms with Gasteiger partial charge in [-0.15, -0.1) is 11.3 Å². The van der Waals surface area contributed by atoms with Crippen LogP contribution >= 0.6 is 11.3 Å². The molecule has 1 unspecified atom stereocenters. The molecule has 2 aromatic carbocycles. The van der Waals surface area contributed by atoms with Gasteiger partial charge >= 0.3 is 0 Å². The largest absolute Gasteiger partial charge is 0.493 e. The van der Waals surface area contributed by atoms with Crippen LogP contribution in [0.25, 0.3) is 0 Å². The zero-order chi connectivity index (χ0) is 24.1. The summed E-state index contributed by atoms with van der Waals surface area (Å²) in [6.07, 6.45) is 1.77. The van der Waals surface area contributed by atoms with E-state index in [4.69, 9.17) is 9.47 Å². The van der Waals surface area contributed by atoms with Gasteiger partial charge in [-0.1, -0.05) is 30.3 Å². The number of nitrogens with zero attached hydrogens (tertiary/aromatic N) is 1. The lowest BCUT2D eigenvalue weighted by Crippen LogP contribution is -2.18.